The number of halogens is 1. The van der Waals surface area contributed by atoms with Crippen LogP contribution in [0, 0.1) is 0 Å². The molecule has 3 aromatic carbocycles. The van der Waals surface area contributed by atoms with Gasteiger partial charge in [-0.3, -0.25) is 4.90 Å². The van der Waals surface area contributed by atoms with Crippen LogP contribution in [0.1, 0.15) is 16.8 Å². The van der Waals surface area contributed by atoms with Gasteiger partial charge in [0.15, 0.2) is 0 Å². The van der Waals surface area contributed by atoms with Crippen LogP contribution >= 0.6 is 11.6 Å². The summed E-state index contributed by atoms with van der Waals surface area (Å²) in [4.78, 5) is 7.13. The summed E-state index contributed by atoms with van der Waals surface area (Å²) in [6, 6.07) is 28.5. The van der Waals surface area contributed by atoms with E-state index in [1.807, 2.05) is 48.5 Å². The smallest absolute Gasteiger partial charge is 0.130 e. The average molecular weight is 471 g/mol. The predicted octanol–water partition coefficient (Wildman–Crippen LogP) is 6.34. The second-order valence-corrected chi connectivity index (χ2v) is 8.85. The van der Waals surface area contributed by atoms with Crippen LogP contribution in [0.5, 0.6) is 5.75 Å². The lowest BCUT2D eigenvalue weighted by Gasteiger charge is -2.27. The van der Waals surface area contributed by atoms with E-state index in [1.54, 1.807) is 0 Å². The van der Waals surface area contributed by atoms with E-state index in [2.05, 4.69) is 47.4 Å². The van der Waals surface area contributed by atoms with Crippen molar-refractivity contribution in [1.82, 2.24) is 9.88 Å². The van der Waals surface area contributed by atoms with Gasteiger partial charge in [0.05, 0.1) is 24.4 Å². The first-order chi connectivity index (χ1) is 16.7. The molecule has 2 heterocycles. The summed E-state index contributed by atoms with van der Waals surface area (Å²) in [7, 11) is 0. The number of fused-ring (bicyclic) bond motifs is 1. The van der Waals surface area contributed by atoms with Gasteiger partial charge in [-0.15, -0.1) is 0 Å². The second kappa shape index (κ2) is 10.8. The Balaban J connectivity index is 1.31. The van der Waals surface area contributed by atoms with Gasteiger partial charge in [0.25, 0.3) is 0 Å². The summed E-state index contributed by atoms with van der Waals surface area (Å²) in [5, 5.41) is 1.88. The molecule has 0 amide bonds. The molecule has 1 aliphatic heterocycles. The number of rotatable bonds is 7. The van der Waals surface area contributed by atoms with E-state index in [9.17, 15) is 0 Å². The van der Waals surface area contributed by atoms with Crippen molar-refractivity contribution in [2.45, 2.75) is 6.61 Å². The van der Waals surface area contributed by atoms with Crippen molar-refractivity contribution in [1.29, 1.82) is 0 Å². The predicted molar refractivity (Wildman–Crippen MR) is 139 cm³/mol. The molecule has 1 fully saturated rings. The van der Waals surface area contributed by atoms with Crippen molar-refractivity contribution < 1.29 is 9.47 Å². The molecule has 1 saturated heterocycles. The van der Waals surface area contributed by atoms with Crippen LogP contribution < -0.4 is 4.74 Å². The van der Waals surface area contributed by atoms with Gasteiger partial charge in [0.1, 0.15) is 12.4 Å². The van der Waals surface area contributed by atoms with Crippen LogP contribution in [-0.2, 0) is 11.3 Å². The van der Waals surface area contributed by atoms with Crippen molar-refractivity contribution in [3.05, 3.63) is 107 Å². The first-order valence-corrected chi connectivity index (χ1v) is 11.9. The molecule has 5 heteroatoms. The van der Waals surface area contributed by atoms with Crippen LogP contribution in [0.2, 0.25) is 5.02 Å². The summed E-state index contributed by atoms with van der Waals surface area (Å²) in [6.45, 7) is 4.75. The Morgan fingerprint density at radius 3 is 2.47 bits per heavy atom. The fraction of sp³-hybridized carbons (Fsp3) is 0.207. The van der Waals surface area contributed by atoms with Gasteiger partial charge >= 0.3 is 0 Å². The summed E-state index contributed by atoms with van der Waals surface area (Å²) in [6.07, 6.45) is 2.24. The molecule has 0 atom stereocenters. The van der Waals surface area contributed by atoms with Crippen molar-refractivity contribution in [3.63, 3.8) is 0 Å². The third kappa shape index (κ3) is 5.84. The second-order valence-electron chi connectivity index (χ2n) is 8.42. The van der Waals surface area contributed by atoms with E-state index in [4.69, 9.17) is 26.1 Å². The van der Waals surface area contributed by atoms with Gasteiger partial charge < -0.3 is 9.47 Å². The van der Waals surface area contributed by atoms with Crippen LogP contribution in [-0.4, -0.2) is 42.7 Å². The van der Waals surface area contributed by atoms with Gasteiger partial charge in [-0.1, -0.05) is 60.1 Å². The van der Waals surface area contributed by atoms with E-state index >= 15 is 0 Å². The molecular formula is C29H27ClN2O2. The molecule has 4 aromatic rings. The molecule has 0 unspecified atom stereocenters. The van der Waals surface area contributed by atoms with Crippen molar-refractivity contribution >= 4 is 34.2 Å². The van der Waals surface area contributed by atoms with E-state index in [1.165, 1.54) is 11.1 Å². The maximum Gasteiger partial charge on any atom is 0.130 e. The summed E-state index contributed by atoms with van der Waals surface area (Å²) < 4.78 is 11.6. The Labute approximate surface area is 205 Å². The molecule has 5 rings (SSSR count). The standard InChI is InChI=1S/C29H27ClN2O2/c30-26-10-5-22(6-11-26)19-25(20-32-15-17-33-18-16-32)23-8-13-28(14-9-23)34-21-27-12-7-24-3-1-2-4-29(24)31-27/h1-14,19H,15-18,20-21H2. The highest BCUT2D eigenvalue weighted by molar-refractivity contribution is 6.30. The van der Waals surface area contributed by atoms with E-state index < -0.39 is 0 Å². The number of hydrogen-bond acceptors (Lipinski definition) is 4. The van der Waals surface area contributed by atoms with Crippen LogP contribution in [0.25, 0.3) is 22.6 Å². The molecule has 0 spiro atoms. The van der Waals surface area contributed by atoms with Gasteiger partial charge in [0.2, 0.25) is 0 Å². The van der Waals surface area contributed by atoms with Crippen molar-refractivity contribution in [2.24, 2.45) is 0 Å². The minimum atomic E-state index is 0.436. The zero-order valence-corrected chi connectivity index (χ0v) is 19.7. The number of aromatic nitrogens is 1. The number of morpholine rings is 1. The molecule has 1 aromatic heterocycles. The highest BCUT2D eigenvalue weighted by Gasteiger charge is 2.14. The van der Waals surface area contributed by atoms with Crippen LogP contribution in [0.15, 0.2) is 84.9 Å². The lowest BCUT2D eigenvalue weighted by Crippen LogP contribution is -2.37. The quantitative estimate of drug-likeness (QED) is 0.295. The Morgan fingerprint density at radius 1 is 0.912 bits per heavy atom. The fourth-order valence-corrected chi connectivity index (χ4v) is 4.22. The molecule has 0 aliphatic carbocycles. The first-order valence-electron chi connectivity index (χ1n) is 11.6. The number of nitrogens with zero attached hydrogens (tertiary/aromatic N) is 2. The average Bonchev–Trinajstić information content (AvgIpc) is 2.89. The molecule has 0 saturated carbocycles. The van der Waals surface area contributed by atoms with Crippen molar-refractivity contribution in [2.75, 3.05) is 32.8 Å². The molecule has 172 valence electrons. The third-order valence-corrected chi connectivity index (χ3v) is 6.23. The Bertz CT molecular complexity index is 1260. The highest BCUT2D eigenvalue weighted by Crippen LogP contribution is 2.24. The molecule has 0 radical (unpaired) electrons. The van der Waals surface area contributed by atoms with E-state index in [0.717, 1.165) is 65.8 Å². The first kappa shape index (κ1) is 22.6. The summed E-state index contributed by atoms with van der Waals surface area (Å²) in [5.74, 6) is 0.830. The number of pyridine rings is 1. The maximum absolute atomic E-state index is 6.08. The fourth-order valence-electron chi connectivity index (χ4n) is 4.09. The SMILES string of the molecule is Clc1ccc(C=C(CN2CCOCC2)c2ccc(OCc3ccc4ccccc4n3)cc2)cc1. The number of ether oxygens (including phenoxy) is 2. The van der Waals surface area contributed by atoms with E-state index in [-0.39, 0.29) is 0 Å². The maximum atomic E-state index is 6.08. The highest BCUT2D eigenvalue weighted by atomic mass is 35.5. The number of hydrogen-bond donors (Lipinski definition) is 0. The van der Waals surface area contributed by atoms with Crippen molar-refractivity contribution in [3.8, 4) is 5.75 Å². The lowest BCUT2D eigenvalue weighted by atomic mass is 10.0. The zero-order valence-electron chi connectivity index (χ0n) is 19.0. The molecule has 4 nitrogen and oxygen atoms in total. The zero-order chi connectivity index (χ0) is 23.2. The topological polar surface area (TPSA) is 34.6 Å². The molecule has 1 aliphatic rings. The number of para-hydroxylation sites is 1. The van der Waals surface area contributed by atoms with Crippen LogP contribution in [0.4, 0.5) is 0 Å². The molecular weight excluding hydrogens is 444 g/mol. The largest absolute Gasteiger partial charge is 0.487 e. The van der Waals surface area contributed by atoms with Crippen LogP contribution in [0.3, 0.4) is 0 Å². The Kier molecular flexibility index (Phi) is 7.20. The monoisotopic (exact) mass is 470 g/mol. The van der Waals surface area contributed by atoms with Gasteiger partial charge in [-0.25, -0.2) is 4.98 Å². The molecule has 0 N–H and O–H groups in total. The molecule has 34 heavy (non-hydrogen) atoms. The van der Waals surface area contributed by atoms with Gasteiger partial charge in [0, 0.05) is 30.0 Å². The normalized spacial score (nSPS) is 14.9. The van der Waals surface area contributed by atoms with E-state index in [0.29, 0.717) is 6.61 Å². The Hall–Kier alpha value is -3.18. The minimum Gasteiger partial charge on any atom is -0.487 e. The minimum absolute atomic E-state index is 0.436. The van der Waals surface area contributed by atoms with Gasteiger partial charge in [-0.05, 0) is 59.2 Å². The lowest BCUT2D eigenvalue weighted by molar-refractivity contribution is 0.0444. The summed E-state index contributed by atoms with van der Waals surface area (Å²) >= 11 is 6.08. The third-order valence-electron chi connectivity index (χ3n) is 5.98. The molecule has 0 bridgehead atoms. The summed E-state index contributed by atoms with van der Waals surface area (Å²) in [5.41, 5.74) is 5.47. The number of benzene rings is 3. The Morgan fingerprint density at radius 2 is 1.68 bits per heavy atom. The van der Waals surface area contributed by atoms with Gasteiger partial charge in [-0.2, -0.15) is 0 Å².